The van der Waals surface area contributed by atoms with Crippen LogP contribution in [0.15, 0.2) is 78.4 Å². The fourth-order valence-electron chi connectivity index (χ4n) is 3.83. The Labute approximate surface area is 187 Å². The number of hydrogen-bond donors (Lipinski definition) is 1. The number of aromatic nitrogens is 1. The first-order valence-electron chi connectivity index (χ1n) is 9.93. The summed E-state index contributed by atoms with van der Waals surface area (Å²) in [4.78, 5) is 32.1. The zero-order valence-electron chi connectivity index (χ0n) is 16.9. The summed E-state index contributed by atoms with van der Waals surface area (Å²) in [6, 6.07) is 19.4. The minimum Gasteiger partial charge on any atom is -0.507 e. The van der Waals surface area contributed by atoms with Crippen molar-refractivity contribution in [2.24, 2.45) is 0 Å². The van der Waals surface area contributed by atoms with Crippen LogP contribution in [0.2, 0.25) is 0 Å². The molecule has 0 spiro atoms. The molecule has 1 aliphatic heterocycles. The summed E-state index contributed by atoms with van der Waals surface area (Å²) in [5.41, 5.74) is 2.64. The number of anilines is 1. The standard InChI is InChI=1S/C25H17FN2O3S/c1-14-7-9-15(10-8-14)21-20(22(29)16-5-3-2-4-6-16)23(30)24(31)28(21)25-27-18-12-11-17(26)13-19(18)32-25/h2-13,21,29H,1H3/b22-20+. The Bertz CT molecular complexity index is 1390. The van der Waals surface area contributed by atoms with Crippen molar-refractivity contribution in [2.75, 3.05) is 4.90 Å². The van der Waals surface area contributed by atoms with Crippen molar-refractivity contribution in [3.63, 3.8) is 0 Å². The van der Waals surface area contributed by atoms with Gasteiger partial charge in [0.1, 0.15) is 11.6 Å². The third-order valence-electron chi connectivity index (χ3n) is 5.43. The Hall–Kier alpha value is -3.84. The van der Waals surface area contributed by atoms with Crippen LogP contribution in [0.25, 0.3) is 16.0 Å². The van der Waals surface area contributed by atoms with Gasteiger partial charge in [-0.25, -0.2) is 9.37 Å². The average molecular weight is 444 g/mol. The van der Waals surface area contributed by atoms with Gasteiger partial charge in [-0.2, -0.15) is 0 Å². The van der Waals surface area contributed by atoms with Crippen molar-refractivity contribution in [1.29, 1.82) is 0 Å². The van der Waals surface area contributed by atoms with E-state index in [9.17, 15) is 19.1 Å². The maximum atomic E-state index is 13.7. The predicted octanol–water partition coefficient (Wildman–Crippen LogP) is 5.37. The number of aliphatic hydroxyl groups excluding tert-OH is 1. The van der Waals surface area contributed by atoms with E-state index in [4.69, 9.17) is 0 Å². The van der Waals surface area contributed by atoms with Crippen LogP contribution in [0.1, 0.15) is 22.7 Å². The molecule has 1 N–H and O–H groups in total. The first-order valence-corrected chi connectivity index (χ1v) is 10.7. The van der Waals surface area contributed by atoms with Crippen molar-refractivity contribution in [3.8, 4) is 0 Å². The zero-order valence-corrected chi connectivity index (χ0v) is 17.8. The number of carbonyl (C=O) groups excluding carboxylic acids is 2. The molecule has 4 aromatic rings. The fraction of sp³-hybridized carbons (Fsp3) is 0.0800. The van der Waals surface area contributed by atoms with Gasteiger partial charge in [0.25, 0.3) is 5.78 Å². The summed E-state index contributed by atoms with van der Waals surface area (Å²) >= 11 is 1.12. The number of aryl methyl sites for hydroxylation is 1. The van der Waals surface area contributed by atoms with Gasteiger partial charge in [-0.15, -0.1) is 0 Å². The Kier molecular flexibility index (Phi) is 4.83. The molecule has 1 fully saturated rings. The average Bonchev–Trinajstić information content (AvgIpc) is 3.32. The number of Topliss-reactive ketones (excluding diaryl/α,β-unsaturated/α-hetero) is 1. The monoisotopic (exact) mass is 444 g/mol. The lowest BCUT2D eigenvalue weighted by Crippen LogP contribution is -2.29. The number of amides is 1. The lowest BCUT2D eigenvalue weighted by Gasteiger charge is -2.23. The highest BCUT2D eigenvalue weighted by Gasteiger charge is 2.48. The van der Waals surface area contributed by atoms with Gasteiger partial charge in [0, 0.05) is 5.56 Å². The molecule has 0 saturated carbocycles. The summed E-state index contributed by atoms with van der Waals surface area (Å²) in [5, 5.41) is 11.3. The summed E-state index contributed by atoms with van der Waals surface area (Å²) in [5.74, 6) is -2.23. The van der Waals surface area contributed by atoms with Gasteiger partial charge >= 0.3 is 5.91 Å². The zero-order chi connectivity index (χ0) is 22.4. The molecule has 32 heavy (non-hydrogen) atoms. The lowest BCUT2D eigenvalue weighted by molar-refractivity contribution is -0.132. The second-order valence-electron chi connectivity index (χ2n) is 7.55. The van der Waals surface area contributed by atoms with Gasteiger partial charge in [-0.1, -0.05) is 71.5 Å². The quantitative estimate of drug-likeness (QED) is 0.262. The van der Waals surface area contributed by atoms with Crippen LogP contribution in [0.3, 0.4) is 0 Å². The molecular weight excluding hydrogens is 427 g/mol. The number of ketones is 1. The number of hydrogen-bond acceptors (Lipinski definition) is 5. The van der Waals surface area contributed by atoms with Gasteiger partial charge < -0.3 is 5.11 Å². The van der Waals surface area contributed by atoms with E-state index in [0.29, 0.717) is 21.3 Å². The van der Waals surface area contributed by atoms with Crippen LogP contribution in [-0.4, -0.2) is 21.8 Å². The normalized spacial score (nSPS) is 17.9. The summed E-state index contributed by atoms with van der Waals surface area (Å²) in [7, 11) is 0. The van der Waals surface area contributed by atoms with Crippen molar-refractivity contribution in [1.82, 2.24) is 4.98 Å². The third-order valence-corrected chi connectivity index (χ3v) is 6.45. The molecule has 1 amide bonds. The van der Waals surface area contributed by atoms with Crippen LogP contribution >= 0.6 is 11.3 Å². The Balaban J connectivity index is 1.73. The number of nitrogens with zero attached hydrogens (tertiary/aromatic N) is 2. The SMILES string of the molecule is Cc1ccc(C2/C(=C(\O)c3ccccc3)C(=O)C(=O)N2c2nc3ccc(F)cc3s2)cc1. The second-order valence-corrected chi connectivity index (χ2v) is 8.56. The van der Waals surface area contributed by atoms with Crippen molar-refractivity contribution in [2.45, 2.75) is 13.0 Å². The topological polar surface area (TPSA) is 70.5 Å². The van der Waals surface area contributed by atoms with E-state index in [2.05, 4.69) is 4.98 Å². The maximum absolute atomic E-state index is 13.7. The van der Waals surface area contributed by atoms with Crippen LogP contribution in [0.5, 0.6) is 0 Å². The highest BCUT2D eigenvalue weighted by Crippen LogP contribution is 2.44. The smallest absolute Gasteiger partial charge is 0.301 e. The van der Waals surface area contributed by atoms with Gasteiger partial charge in [-0.05, 0) is 30.7 Å². The van der Waals surface area contributed by atoms with Crippen LogP contribution < -0.4 is 4.90 Å². The van der Waals surface area contributed by atoms with E-state index < -0.39 is 23.5 Å². The Morgan fingerprint density at radius 2 is 1.75 bits per heavy atom. The van der Waals surface area contributed by atoms with Crippen molar-refractivity contribution < 1.29 is 19.1 Å². The first kappa shape index (κ1) is 20.1. The summed E-state index contributed by atoms with van der Waals surface area (Å²) in [6.07, 6.45) is 0. The Morgan fingerprint density at radius 1 is 1.03 bits per heavy atom. The van der Waals surface area contributed by atoms with E-state index >= 15 is 0 Å². The molecular formula is C25H17FN2O3S. The van der Waals surface area contributed by atoms with E-state index in [1.807, 2.05) is 31.2 Å². The number of carbonyl (C=O) groups is 2. The molecule has 2 heterocycles. The van der Waals surface area contributed by atoms with E-state index in [0.717, 1.165) is 16.9 Å². The lowest BCUT2D eigenvalue weighted by atomic mass is 9.95. The van der Waals surface area contributed by atoms with E-state index in [-0.39, 0.29) is 16.5 Å². The number of fused-ring (bicyclic) bond motifs is 1. The van der Waals surface area contributed by atoms with Gasteiger partial charge in [0.15, 0.2) is 5.13 Å². The first-order chi connectivity index (χ1) is 15.4. The highest BCUT2D eigenvalue weighted by molar-refractivity contribution is 7.22. The molecule has 1 atom stereocenters. The van der Waals surface area contributed by atoms with Crippen molar-refractivity contribution in [3.05, 3.63) is 101 Å². The van der Waals surface area contributed by atoms with Crippen LogP contribution in [0, 0.1) is 12.7 Å². The number of benzene rings is 3. The summed E-state index contributed by atoms with van der Waals surface area (Å²) in [6.45, 7) is 1.94. The van der Waals surface area contributed by atoms with E-state index in [1.54, 1.807) is 30.3 Å². The molecule has 0 aliphatic carbocycles. The third kappa shape index (κ3) is 3.27. The molecule has 1 aromatic heterocycles. The maximum Gasteiger partial charge on any atom is 0.301 e. The number of halogens is 1. The molecule has 0 bridgehead atoms. The molecule has 1 saturated heterocycles. The van der Waals surface area contributed by atoms with Gasteiger partial charge in [0.2, 0.25) is 0 Å². The number of aliphatic hydroxyl groups is 1. The molecule has 158 valence electrons. The fourth-order valence-corrected chi connectivity index (χ4v) is 4.85. The highest BCUT2D eigenvalue weighted by atomic mass is 32.1. The predicted molar refractivity (Wildman–Crippen MR) is 122 cm³/mol. The molecule has 1 unspecified atom stereocenters. The molecule has 5 rings (SSSR count). The second kappa shape index (κ2) is 7.69. The minimum atomic E-state index is -0.860. The number of rotatable bonds is 3. The largest absolute Gasteiger partial charge is 0.507 e. The van der Waals surface area contributed by atoms with E-state index in [1.165, 1.54) is 23.1 Å². The Morgan fingerprint density at radius 3 is 2.47 bits per heavy atom. The molecule has 1 aliphatic rings. The van der Waals surface area contributed by atoms with Gasteiger partial charge in [-0.3, -0.25) is 14.5 Å². The van der Waals surface area contributed by atoms with Crippen molar-refractivity contribution >= 4 is 44.1 Å². The molecule has 0 radical (unpaired) electrons. The molecule has 5 nitrogen and oxygen atoms in total. The minimum absolute atomic E-state index is 0.00418. The van der Waals surface area contributed by atoms with Crippen LogP contribution in [0.4, 0.5) is 9.52 Å². The van der Waals surface area contributed by atoms with Crippen LogP contribution in [-0.2, 0) is 9.59 Å². The molecule has 7 heteroatoms. The number of thiazole rings is 1. The van der Waals surface area contributed by atoms with Gasteiger partial charge in [0.05, 0.1) is 21.8 Å². The molecule has 3 aromatic carbocycles. The summed E-state index contributed by atoms with van der Waals surface area (Å²) < 4.78 is 14.3.